The zero-order valence-electron chi connectivity index (χ0n) is 7.06. The number of nitro groups is 1. The van der Waals surface area contributed by atoms with E-state index in [-0.39, 0.29) is 10.6 Å². The molecule has 14 heavy (non-hydrogen) atoms. The molecule has 74 valence electrons. The van der Waals surface area contributed by atoms with Gasteiger partial charge in [-0.25, -0.2) is 4.79 Å². The molecule has 0 saturated carbocycles. The summed E-state index contributed by atoms with van der Waals surface area (Å²) in [4.78, 5) is 24.0. The van der Waals surface area contributed by atoms with Crippen LogP contribution in [0.15, 0.2) is 12.3 Å². The van der Waals surface area contributed by atoms with Crippen molar-refractivity contribution in [1.82, 2.24) is 4.98 Å². The zero-order chi connectivity index (χ0) is 10.7. The molecule has 0 aromatic carbocycles. The summed E-state index contributed by atoms with van der Waals surface area (Å²) in [6.45, 7) is 0. The molecular weight excluding hydrogens is 212 g/mol. The summed E-state index contributed by atoms with van der Waals surface area (Å²) in [7, 11) is 1.18. The molecule has 1 rings (SSSR count). The predicted molar refractivity (Wildman–Crippen MR) is 47.2 cm³/mol. The molecule has 0 amide bonds. The van der Waals surface area contributed by atoms with Crippen molar-refractivity contribution in [1.29, 1.82) is 0 Å². The number of rotatable bonds is 2. The number of hydrogen-bond acceptors (Lipinski definition) is 5. The molecule has 0 bridgehead atoms. The van der Waals surface area contributed by atoms with E-state index in [1.54, 1.807) is 0 Å². The van der Waals surface area contributed by atoms with Gasteiger partial charge in [0.2, 0.25) is 0 Å². The van der Waals surface area contributed by atoms with Gasteiger partial charge in [-0.2, -0.15) is 0 Å². The van der Waals surface area contributed by atoms with Crippen LogP contribution < -0.4 is 0 Å². The number of hydrogen-bond donors (Lipinski definition) is 0. The van der Waals surface area contributed by atoms with E-state index < -0.39 is 16.7 Å². The van der Waals surface area contributed by atoms with Crippen molar-refractivity contribution >= 4 is 23.4 Å². The predicted octanol–water partition coefficient (Wildman–Crippen LogP) is 1.43. The average Bonchev–Trinajstić information content (AvgIpc) is 2.16. The van der Waals surface area contributed by atoms with Gasteiger partial charge in [0.05, 0.1) is 18.2 Å². The van der Waals surface area contributed by atoms with Crippen LogP contribution >= 0.6 is 11.6 Å². The van der Waals surface area contributed by atoms with E-state index in [1.165, 1.54) is 7.11 Å². The first-order chi connectivity index (χ1) is 6.56. The molecule has 0 spiro atoms. The van der Waals surface area contributed by atoms with Crippen LogP contribution in [0.5, 0.6) is 0 Å². The number of ether oxygens (including phenoxy) is 1. The summed E-state index contributed by atoms with van der Waals surface area (Å²) in [5.41, 5.74) is -0.000216. The number of methoxy groups -OCH3 is 1. The number of nitrogens with zero attached hydrogens (tertiary/aromatic N) is 2. The van der Waals surface area contributed by atoms with E-state index in [9.17, 15) is 14.9 Å². The molecule has 0 fully saturated rings. The van der Waals surface area contributed by atoms with Gasteiger partial charge >= 0.3 is 11.8 Å². The molecular formula is C7H5ClN2O4. The second-order valence-electron chi connectivity index (χ2n) is 2.27. The van der Waals surface area contributed by atoms with Gasteiger partial charge in [0.1, 0.15) is 5.56 Å². The van der Waals surface area contributed by atoms with Crippen LogP contribution in [-0.2, 0) is 4.74 Å². The van der Waals surface area contributed by atoms with Crippen LogP contribution in [0.3, 0.4) is 0 Å². The maximum absolute atomic E-state index is 11.0. The lowest BCUT2D eigenvalue weighted by atomic mass is 10.3. The highest BCUT2D eigenvalue weighted by Gasteiger charge is 2.17. The minimum Gasteiger partial charge on any atom is -0.465 e. The normalized spacial score (nSPS) is 9.57. The van der Waals surface area contributed by atoms with Crippen LogP contribution in [0.4, 0.5) is 5.82 Å². The van der Waals surface area contributed by atoms with E-state index in [4.69, 9.17) is 11.6 Å². The van der Waals surface area contributed by atoms with Gasteiger partial charge in [-0.3, -0.25) is 0 Å². The maximum Gasteiger partial charge on any atom is 0.364 e. The number of pyridine rings is 1. The topological polar surface area (TPSA) is 82.3 Å². The molecule has 0 aliphatic rings. The molecule has 0 aliphatic carbocycles. The number of carbonyl (C=O) groups is 1. The Morgan fingerprint density at radius 2 is 2.36 bits per heavy atom. The van der Waals surface area contributed by atoms with Gasteiger partial charge in [0.15, 0.2) is 6.20 Å². The number of halogens is 1. The largest absolute Gasteiger partial charge is 0.465 e. The second kappa shape index (κ2) is 4.01. The molecule has 7 heteroatoms. The lowest BCUT2D eigenvalue weighted by Crippen LogP contribution is -2.03. The van der Waals surface area contributed by atoms with E-state index in [0.717, 1.165) is 12.3 Å². The summed E-state index contributed by atoms with van der Waals surface area (Å²) in [5.74, 6) is -1.10. The summed E-state index contributed by atoms with van der Waals surface area (Å²) >= 11 is 5.60. The van der Waals surface area contributed by atoms with Crippen molar-refractivity contribution in [3.63, 3.8) is 0 Å². The van der Waals surface area contributed by atoms with Crippen LogP contribution in [0.25, 0.3) is 0 Å². The highest BCUT2D eigenvalue weighted by molar-refractivity contribution is 6.33. The van der Waals surface area contributed by atoms with E-state index >= 15 is 0 Å². The van der Waals surface area contributed by atoms with Crippen molar-refractivity contribution < 1.29 is 14.5 Å². The van der Waals surface area contributed by atoms with Gasteiger partial charge in [0, 0.05) is 0 Å². The van der Waals surface area contributed by atoms with E-state index in [0.29, 0.717) is 0 Å². The first-order valence-electron chi connectivity index (χ1n) is 3.44. The van der Waals surface area contributed by atoms with Gasteiger partial charge < -0.3 is 14.9 Å². The minimum atomic E-state index is -0.701. The Morgan fingerprint density at radius 1 is 1.71 bits per heavy atom. The number of aromatic nitrogens is 1. The summed E-state index contributed by atoms with van der Waals surface area (Å²) < 4.78 is 4.38. The van der Waals surface area contributed by atoms with Gasteiger partial charge in [-0.1, -0.05) is 11.6 Å². The van der Waals surface area contributed by atoms with Crippen LogP contribution in [0, 0.1) is 10.1 Å². The molecule has 0 saturated heterocycles. The Morgan fingerprint density at radius 3 is 2.79 bits per heavy atom. The minimum absolute atomic E-state index is 0.000216. The molecule has 0 N–H and O–H groups in total. The Hall–Kier alpha value is -1.69. The first kappa shape index (κ1) is 10.4. The van der Waals surface area contributed by atoms with Gasteiger partial charge in [0.25, 0.3) is 0 Å². The Kier molecular flexibility index (Phi) is 2.98. The fourth-order valence-corrected chi connectivity index (χ4v) is 1.00. The summed E-state index contributed by atoms with van der Waals surface area (Å²) in [6, 6.07) is 0.994. The lowest BCUT2D eigenvalue weighted by Gasteiger charge is -1.98. The van der Waals surface area contributed by atoms with Crippen molar-refractivity contribution in [3.05, 3.63) is 33.0 Å². The van der Waals surface area contributed by atoms with Crippen molar-refractivity contribution in [2.45, 2.75) is 0 Å². The quantitative estimate of drug-likeness (QED) is 0.424. The lowest BCUT2D eigenvalue weighted by molar-refractivity contribution is -0.389. The molecule has 0 aliphatic heterocycles. The average molecular weight is 217 g/mol. The van der Waals surface area contributed by atoms with E-state index in [1.807, 2.05) is 0 Å². The molecule has 6 nitrogen and oxygen atoms in total. The van der Waals surface area contributed by atoms with Crippen LogP contribution in [0.1, 0.15) is 10.4 Å². The smallest absolute Gasteiger partial charge is 0.364 e. The van der Waals surface area contributed by atoms with Crippen LogP contribution in [-0.4, -0.2) is 23.0 Å². The highest BCUT2D eigenvalue weighted by Crippen LogP contribution is 2.20. The van der Waals surface area contributed by atoms with Crippen molar-refractivity contribution in [2.24, 2.45) is 0 Å². The SMILES string of the molecule is COC(=O)c1cnc([N+](=O)[O-])cc1Cl. The molecule has 0 atom stereocenters. The fourth-order valence-electron chi connectivity index (χ4n) is 0.781. The van der Waals surface area contributed by atoms with E-state index in [2.05, 4.69) is 9.72 Å². The third kappa shape index (κ3) is 1.97. The fraction of sp³-hybridized carbons (Fsp3) is 0.143. The summed E-state index contributed by atoms with van der Waals surface area (Å²) in [6.07, 6.45) is 1.01. The third-order valence-electron chi connectivity index (χ3n) is 1.43. The van der Waals surface area contributed by atoms with Crippen molar-refractivity contribution in [3.8, 4) is 0 Å². The van der Waals surface area contributed by atoms with Gasteiger partial charge in [-0.05, 0) is 9.91 Å². The molecule has 0 radical (unpaired) electrons. The molecule has 1 heterocycles. The Balaban J connectivity index is 3.14. The second-order valence-corrected chi connectivity index (χ2v) is 2.68. The number of carbonyl (C=O) groups excluding carboxylic acids is 1. The maximum atomic E-state index is 11.0. The van der Waals surface area contributed by atoms with Crippen molar-refractivity contribution in [2.75, 3.05) is 7.11 Å². The van der Waals surface area contributed by atoms with Gasteiger partial charge in [-0.15, -0.1) is 0 Å². The molecule has 1 aromatic rings. The monoisotopic (exact) mass is 216 g/mol. The summed E-state index contributed by atoms with van der Waals surface area (Å²) in [5, 5.41) is 10.2. The standard InChI is InChI=1S/C7H5ClN2O4/c1-14-7(11)4-3-9-6(10(12)13)2-5(4)8/h2-3H,1H3. The highest BCUT2D eigenvalue weighted by atomic mass is 35.5. The third-order valence-corrected chi connectivity index (χ3v) is 1.74. The Bertz CT molecular complexity index is 393. The number of esters is 1. The first-order valence-corrected chi connectivity index (χ1v) is 3.82. The Labute approximate surface area is 83.6 Å². The molecule has 1 aromatic heterocycles. The van der Waals surface area contributed by atoms with Crippen LogP contribution in [0.2, 0.25) is 5.02 Å². The zero-order valence-corrected chi connectivity index (χ0v) is 7.82. The molecule has 0 unspecified atom stereocenters.